The topological polar surface area (TPSA) is 20.2 Å². The molecule has 0 saturated heterocycles. The molecule has 1 N–H and O–H groups in total. The van der Waals surface area contributed by atoms with Crippen LogP contribution in [-0.2, 0) is 0 Å². The van der Waals surface area contributed by atoms with E-state index < -0.39 is 0 Å². The number of hydrogen-bond donors (Lipinski definition) is 1. The fourth-order valence-electron chi connectivity index (χ4n) is 2.19. The second kappa shape index (κ2) is 3.61. The van der Waals surface area contributed by atoms with Crippen molar-refractivity contribution >= 4 is 0 Å². The Kier molecular flexibility index (Phi) is 3.06. The summed E-state index contributed by atoms with van der Waals surface area (Å²) in [5, 5.41) is 10.3. The molecule has 0 amide bonds. The normalized spacial score (nSPS) is 35.3. The Morgan fingerprint density at radius 2 is 2.00 bits per heavy atom. The van der Waals surface area contributed by atoms with E-state index in [2.05, 4.69) is 27.7 Å². The van der Waals surface area contributed by atoms with Crippen LogP contribution in [0.2, 0.25) is 0 Å². The molecule has 0 radical (unpaired) electrons. The van der Waals surface area contributed by atoms with Crippen molar-refractivity contribution < 1.29 is 5.11 Å². The summed E-state index contributed by atoms with van der Waals surface area (Å²) in [5.74, 6) is 0.509. The highest BCUT2D eigenvalue weighted by Gasteiger charge is 2.38. The van der Waals surface area contributed by atoms with E-state index in [1.165, 1.54) is 12.8 Å². The Hall–Kier alpha value is -0.0400. The third kappa shape index (κ3) is 2.98. The zero-order valence-electron chi connectivity index (χ0n) is 9.56. The third-order valence-electron chi connectivity index (χ3n) is 3.47. The molecule has 1 heteroatoms. The molecule has 0 aromatic rings. The highest BCUT2D eigenvalue weighted by molar-refractivity contribution is 4.90. The van der Waals surface area contributed by atoms with Gasteiger partial charge in [-0.1, -0.05) is 34.1 Å². The predicted molar refractivity (Wildman–Crippen MR) is 56.7 cm³/mol. The summed E-state index contributed by atoms with van der Waals surface area (Å²) in [5.41, 5.74) is 0.0192. The molecule has 2 atom stereocenters. The highest BCUT2D eigenvalue weighted by atomic mass is 16.3. The molecule has 13 heavy (non-hydrogen) atoms. The van der Waals surface area contributed by atoms with E-state index in [9.17, 15) is 5.11 Å². The Balaban J connectivity index is 2.43. The van der Waals surface area contributed by atoms with Gasteiger partial charge in [-0.2, -0.15) is 0 Å². The predicted octanol–water partition coefficient (Wildman–Crippen LogP) is 3.36. The van der Waals surface area contributed by atoms with Gasteiger partial charge in [-0.15, -0.1) is 0 Å². The molecule has 1 aliphatic rings. The minimum Gasteiger partial charge on any atom is -0.390 e. The Morgan fingerprint density at radius 3 is 2.38 bits per heavy atom. The first-order valence-corrected chi connectivity index (χ1v) is 5.56. The van der Waals surface area contributed by atoms with Gasteiger partial charge in [0.15, 0.2) is 0 Å². The lowest BCUT2D eigenvalue weighted by molar-refractivity contribution is -0.00801. The lowest BCUT2D eigenvalue weighted by atomic mass is 9.81. The molecular weight excluding hydrogens is 160 g/mol. The smallest absolute Gasteiger partial charge is 0.0673 e. The van der Waals surface area contributed by atoms with Gasteiger partial charge in [-0.25, -0.2) is 0 Å². The van der Waals surface area contributed by atoms with Crippen LogP contribution in [0.1, 0.15) is 59.8 Å². The largest absolute Gasteiger partial charge is 0.390 e. The van der Waals surface area contributed by atoms with Gasteiger partial charge in [0.2, 0.25) is 0 Å². The average molecular weight is 184 g/mol. The van der Waals surface area contributed by atoms with Crippen molar-refractivity contribution in [3.63, 3.8) is 0 Å². The van der Waals surface area contributed by atoms with Crippen molar-refractivity contribution in [1.29, 1.82) is 0 Å². The molecule has 1 fully saturated rings. The molecule has 1 aliphatic carbocycles. The van der Waals surface area contributed by atoms with Crippen LogP contribution in [0.15, 0.2) is 0 Å². The van der Waals surface area contributed by atoms with Crippen molar-refractivity contribution in [3.05, 3.63) is 0 Å². The second-order valence-corrected chi connectivity index (χ2v) is 5.96. The summed E-state index contributed by atoms with van der Waals surface area (Å²) < 4.78 is 0. The molecule has 0 aromatic heterocycles. The van der Waals surface area contributed by atoms with Crippen LogP contribution in [0.25, 0.3) is 0 Å². The van der Waals surface area contributed by atoms with Crippen LogP contribution in [0, 0.1) is 11.3 Å². The fraction of sp³-hybridized carbons (Fsp3) is 1.00. The van der Waals surface area contributed by atoms with Gasteiger partial charge < -0.3 is 5.11 Å². The maximum absolute atomic E-state index is 10.3. The van der Waals surface area contributed by atoms with Crippen LogP contribution in [0.4, 0.5) is 0 Å². The molecule has 0 bridgehead atoms. The molecule has 2 unspecified atom stereocenters. The SMILES string of the molecule is CC1CCCC1(O)CCC(C)(C)C. The minimum atomic E-state index is -0.340. The summed E-state index contributed by atoms with van der Waals surface area (Å²) in [4.78, 5) is 0. The first-order valence-electron chi connectivity index (χ1n) is 5.56. The minimum absolute atomic E-state index is 0.340. The molecule has 0 aliphatic heterocycles. The average Bonchev–Trinajstić information content (AvgIpc) is 2.29. The van der Waals surface area contributed by atoms with E-state index in [0.717, 1.165) is 19.3 Å². The van der Waals surface area contributed by atoms with Gasteiger partial charge in [0.25, 0.3) is 0 Å². The van der Waals surface area contributed by atoms with Crippen molar-refractivity contribution in [2.24, 2.45) is 11.3 Å². The van der Waals surface area contributed by atoms with E-state index in [-0.39, 0.29) is 5.60 Å². The maximum atomic E-state index is 10.3. The van der Waals surface area contributed by atoms with Crippen LogP contribution in [0.5, 0.6) is 0 Å². The quantitative estimate of drug-likeness (QED) is 0.697. The van der Waals surface area contributed by atoms with E-state index in [1.807, 2.05) is 0 Å². The molecule has 0 spiro atoms. The lowest BCUT2D eigenvalue weighted by Gasteiger charge is -2.31. The molecule has 1 nitrogen and oxygen atoms in total. The van der Waals surface area contributed by atoms with Gasteiger partial charge in [0.05, 0.1) is 5.60 Å². The van der Waals surface area contributed by atoms with Gasteiger partial charge >= 0.3 is 0 Å². The number of aliphatic hydroxyl groups is 1. The highest BCUT2D eigenvalue weighted by Crippen LogP contribution is 2.40. The Labute approximate surface area is 82.5 Å². The summed E-state index contributed by atoms with van der Waals surface area (Å²) >= 11 is 0. The zero-order chi connectivity index (χ0) is 10.1. The maximum Gasteiger partial charge on any atom is 0.0673 e. The van der Waals surface area contributed by atoms with Crippen molar-refractivity contribution in [2.45, 2.75) is 65.4 Å². The summed E-state index contributed by atoms with van der Waals surface area (Å²) in [7, 11) is 0. The van der Waals surface area contributed by atoms with E-state index in [1.54, 1.807) is 0 Å². The van der Waals surface area contributed by atoms with Crippen LogP contribution in [0.3, 0.4) is 0 Å². The van der Waals surface area contributed by atoms with Crippen LogP contribution < -0.4 is 0 Å². The second-order valence-electron chi connectivity index (χ2n) is 5.96. The van der Waals surface area contributed by atoms with Gasteiger partial charge in [-0.05, 0) is 37.0 Å². The summed E-state index contributed by atoms with van der Waals surface area (Å²) in [6, 6.07) is 0. The zero-order valence-corrected chi connectivity index (χ0v) is 9.56. The van der Waals surface area contributed by atoms with E-state index in [4.69, 9.17) is 0 Å². The Bertz CT molecular complexity index is 168. The van der Waals surface area contributed by atoms with Gasteiger partial charge in [0, 0.05) is 0 Å². The van der Waals surface area contributed by atoms with Crippen LogP contribution in [-0.4, -0.2) is 10.7 Å². The Morgan fingerprint density at radius 1 is 1.38 bits per heavy atom. The van der Waals surface area contributed by atoms with E-state index >= 15 is 0 Å². The van der Waals surface area contributed by atoms with Gasteiger partial charge in [-0.3, -0.25) is 0 Å². The molecule has 0 aromatic carbocycles. The standard InChI is InChI=1S/C12H24O/c1-10-6-5-7-12(10,13)9-8-11(2,3)4/h10,13H,5-9H2,1-4H3. The van der Waals surface area contributed by atoms with Crippen molar-refractivity contribution in [1.82, 2.24) is 0 Å². The molecular formula is C12H24O. The monoisotopic (exact) mass is 184 g/mol. The molecule has 1 rings (SSSR count). The first kappa shape index (κ1) is 11.0. The molecule has 0 heterocycles. The number of hydrogen-bond acceptors (Lipinski definition) is 1. The molecule has 1 saturated carbocycles. The molecule has 78 valence electrons. The van der Waals surface area contributed by atoms with Crippen molar-refractivity contribution in [2.75, 3.05) is 0 Å². The van der Waals surface area contributed by atoms with Crippen LogP contribution >= 0.6 is 0 Å². The summed E-state index contributed by atoms with van der Waals surface area (Å²) in [6.07, 6.45) is 5.55. The summed E-state index contributed by atoms with van der Waals surface area (Å²) in [6.45, 7) is 8.93. The van der Waals surface area contributed by atoms with Crippen molar-refractivity contribution in [3.8, 4) is 0 Å². The number of rotatable bonds is 2. The third-order valence-corrected chi connectivity index (χ3v) is 3.47. The van der Waals surface area contributed by atoms with Gasteiger partial charge in [0.1, 0.15) is 0 Å². The first-order chi connectivity index (χ1) is 5.83. The fourth-order valence-corrected chi connectivity index (χ4v) is 2.19. The van der Waals surface area contributed by atoms with E-state index in [0.29, 0.717) is 11.3 Å². The lowest BCUT2D eigenvalue weighted by Crippen LogP contribution is -2.32.